The first-order valence-electron chi connectivity index (χ1n) is 3.13. The van der Waals surface area contributed by atoms with Gasteiger partial charge in [0.15, 0.2) is 0 Å². The Bertz CT molecular complexity index is 121. The van der Waals surface area contributed by atoms with Crippen molar-refractivity contribution in [1.82, 2.24) is 0 Å². The number of hydrogen-bond acceptors (Lipinski definition) is 3. The molecule has 0 radical (unpaired) electrons. The maximum Gasteiger partial charge on any atom is 0.348 e. The molecule has 9 heavy (non-hydrogen) atoms. The molecule has 52 valence electrons. The molecule has 0 N–H and O–H groups in total. The minimum Gasteiger partial charge on any atom is -0.298 e. The van der Waals surface area contributed by atoms with Crippen molar-refractivity contribution in [2.75, 3.05) is 0 Å². The van der Waals surface area contributed by atoms with Crippen LogP contribution in [0.3, 0.4) is 0 Å². The Hall–Kier alpha value is -0.570. The molecule has 2 atom stereocenters. The molecule has 1 fully saturated rings. The lowest BCUT2D eigenvalue weighted by molar-refractivity contribution is -0.258. The first kappa shape index (κ1) is 6.55. The molecule has 2 unspecified atom stereocenters. The molecule has 0 aromatic carbocycles. The molecule has 1 heterocycles. The highest BCUT2D eigenvalue weighted by Crippen LogP contribution is 2.20. The summed E-state index contributed by atoms with van der Waals surface area (Å²) in [4.78, 5) is 19.6. The molecule has 0 amide bonds. The van der Waals surface area contributed by atoms with Crippen molar-refractivity contribution < 1.29 is 14.6 Å². The van der Waals surface area contributed by atoms with Crippen molar-refractivity contribution in [3.63, 3.8) is 0 Å². The fourth-order valence-electron chi connectivity index (χ4n) is 0.942. The highest BCUT2D eigenvalue weighted by atomic mass is 17.2. The molecular weight excluding hydrogens is 120 g/mol. The molecule has 1 saturated heterocycles. The topological polar surface area (TPSA) is 35.5 Å². The van der Waals surface area contributed by atoms with Crippen molar-refractivity contribution >= 4 is 5.97 Å². The molecule has 1 aliphatic heterocycles. The number of hydrogen-bond donors (Lipinski definition) is 0. The summed E-state index contributed by atoms with van der Waals surface area (Å²) in [6.45, 7) is 3.77. The lowest BCUT2D eigenvalue weighted by atomic mass is 10.0. The van der Waals surface area contributed by atoms with E-state index < -0.39 is 0 Å². The van der Waals surface area contributed by atoms with E-state index in [1.807, 2.05) is 13.8 Å². The third-order valence-corrected chi connectivity index (χ3v) is 1.59. The van der Waals surface area contributed by atoms with E-state index >= 15 is 0 Å². The van der Waals surface area contributed by atoms with Gasteiger partial charge in [-0.05, 0) is 13.3 Å². The molecule has 0 aromatic rings. The van der Waals surface area contributed by atoms with Crippen LogP contribution in [0.25, 0.3) is 0 Å². The summed E-state index contributed by atoms with van der Waals surface area (Å²) in [5.41, 5.74) is 0. The molecule has 3 nitrogen and oxygen atoms in total. The normalized spacial score (nSPS) is 34.7. The lowest BCUT2D eigenvalue weighted by Gasteiger charge is -2.01. The van der Waals surface area contributed by atoms with Gasteiger partial charge in [-0.1, -0.05) is 6.92 Å². The third-order valence-electron chi connectivity index (χ3n) is 1.59. The van der Waals surface area contributed by atoms with Crippen LogP contribution in [-0.2, 0) is 14.6 Å². The monoisotopic (exact) mass is 130 g/mol. The Labute approximate surface area is 53.9 Å². The summed E-state index contributed by atoms with van der Waals surface area (Å²) in [5, 5.41) is 0. The molecule has 1 rings (SSSR count). The number of rotatable bonds is 1. The average Bonchev–Trinajstić information content (AvgIpc) is 2.12. The molecule has 0 spiro atoms. The van der Waals surface area contributed by atoms with Gasteiger partial charge in [-0.3, -0.25) is 4.89 Å². The van der Waals surface area contributed by atoms with Crippen molar-refractivity contribution in [1.29, 1.82) is 0 Å². The summed E-state index contributed by atoms with van der Waals surface area (Å²) in [5.74, 6) is -0.282. The SMILES string of the molecule is CCC1C(=O)OOC1C. The van der Waals surface area contributed by atoms with Crippen LogP contribution in [0.2, 0.25) is 0 Å². The predicted octanol–water partition coefficient (Wildman–Crippen LogP) is 0.889. The largest absolute Gasteiger partial charge is 0.348 e. The van der Waals surface area contributed by atoms with Gasteiger partial charge in [0.2, 0.25) is 0 Å². The predicted molar refractivity (Wildman–Crippen MR) is 30.4 cm³/mol. The van der Waals surface area contributed by atoms with Crippen molar-refractivity contribution in [3.8, 4) is 0 Å². The van der Waals surface area contributed by atoms with E-state index in [1.165, 1.54) is 0 Å². The van der Waals surface area contributed by atoms with E-state index in [4.69, 9.17) is 0 Å². The smallest absolute Gasteiger partial charge is 0.298 e. The second-order valence-electron chi connectivity index (χ2n) is 2.22. The van der Waals surface area contributed by atoms with Crippen LogP contribution in [0, 0.1) is 5.92 Å². The second kappa shape index (κ2) is 2.35. The van der Waals surface area contributed by atoms with Crippen molar-refractivity contribution in [2.45, 2.75) is 26.4 Å². The van der Waals surface area contributed by atoms with Gasteiger partial charge in [0.25, 0.3) is 0 Å². The van der Waals surface area contributed by atoms with Crippen LogP contribution < -0.4 is 0 Å². The van der Waals surface area contributed by atoms with E-state index in [1.54, 1.807) is 0 Å². The first-order valence-corrected chi connectivity index (χ1v) is 3.13. The fraction of sp³-hybridized carbons (Fsp3) is 0.833. The van der Waals surface area contributed by atoms with Crippen LogP contribution in [0.5, 0.6) is 0 Å². The quantitative estimate of drug-likeness (QED) is 0.494. The standard InChI is InChI=1S/C6H10O3/c1-3-5-4(2)8-9-6(5)7/h4-5H,3H2,1-2H3. The average molecular weight is 130 g/mol. The zero-order valence-corrected chi connectivity index (χ0v) is 5.59. The third kappa shape index (κ3) is 1.05. The molecule has 0 saturated carbocycles. The number of carbonyl (C=O) groups excluding carboxylic acids is 1. The van der Waals surface area contributed by atoms with Crippen LogP contribution in [-0.4, -0.2) is 12.1 Å². The molecule has 3 heteroatoms. The first-order chi connectivity index (χ1) is 4.25. The fourth-order valence-corrected chi connectivity index (χ4v) is 0.942. The summed E-state index contributed by atoms with van der Waals surface area (Å²) < 4.78 is 0. The Kier molecular flexibility index (Phi) is 1.71. The molecular formula is C6H10O3. The number of carbonyl (C=O) groups is 1. The molecule has 0 bridgehead atoms. The van der Waals surface area contributed by atoms with E-state index in [-0.39, 0.29) is 18.0 Å². The zero-order chi connectivity index (χ0) is 6.85. The van der Waals surface area contributed by atoms with Gasteiger partial charge < -0.3 is 0 Å². The maximum absolute atomic E-state index is 10.7. The summed E-state index contributed by atoms with van der Waals surface area (Å²) in [7, 11) is 0. The van der Waals surface area contributed by atoms with E-state index in [2.05, 4.69) is 9.78 Å². The maximum atomic E-state index is 10.7. The van der Waals surface area contributed by atoms with Crippen LogP contribution in [0.15, 0.2) is 0 Å². The highest BCUT2D eigenvalue weighted by Gasteiger charge is 2.34. The minimum absolute atomic E-state index is 0.0509. The van der Waals surface area contributed by atoms with Gasteiger partial charge in [0.1, 0.15) is 6.10 Å². The summed E-state index contributed by atoms with van der Waals surface area (Å²) in [6, 6.07) is 0. The zero-order valence-electron chi connectivity index (χ0n) is 5.59. The summed E-state index contributed by atoms with van der Waals surface area (Å²) >= 11 is 0. The molecule has 1 aliphatic rings. The van der Waals surface area contributed by atoms with E-state index in [9.17, 15) is 4.79 Å². The van der Waals surface area contributed by atoms with E-state index in [0.717, 1.165) is 6.42 Å². The lowest BCUT2D eigenvalue weighted by Crippen LogP contribution is -2.15. The van der Waals surface area contributed by atoms with Gasteiger partial charge in [-0.25, -0.2) is 4.79 Å². The Balaban J connectivity index is 2.55. The molecule has 0 aromatic heterocycles. The van der Waals surface area contributed by atoms with Crippen LogP contribution >= 0.6 is 0 Å². The molecule has 0 aliphatic carbocycles. The minimum atomic E-state index is -0.231. The Morgan fingerprint density at radius 3 is 2.56 bits per heavy atom. The van der Waals surface area contributed by atoms with E-state index in [0.29, 0.717) is 0 Å². The van der Waals surface area contributed by atoms with Gasteiger partial charge in [0.05, 0.1) is 5.92 Å². The second-order valence-corrected chi connectivity index (χ2v) is 2.22. The van der Waals surface area contributed by atoms with Gasteiger partial charge >= 0.3 is 5.97 Å². The van der Waals surface area contributed by atoms with Gasteiger partial charge in [-0.2, -0.15) is 4.89 Å². The van der Waals surface area contributed by atoms with Crippen molar-refractivity contribution in [3.05, 3.63) is 0 Å². The van der Waals surface area contributed by atoms with Crippen LogP contribution in [0.1, 0.15) is 20.3 Å². The van der Waals surface area contributed by atoms with Crippen LogP contribution in [0.4, 0.5) is 0 Å². The van der Waals surface area contributed by atoms with Crippen molar-refractivity contribution in [2.24, 2.45) is 5.92 Å². The Morgan fingerprint density at radius 1 is 1.67 bits per heavy atom. The Morgan fingerprint density at radius 2 is 2.33 bits per heavy atom. The summed E-state index contributed by atoms with van der Waals surface area (Å²) in [6.07, 6.45) is 0.725. The van der Waals surface area contributed by atoms with Gasteiger partial charge in [-0.15, -0.1) is 0 Å². The van der Waals surface area contributed by atoms with Gasteiger partial charge in [0, 0.05) is 0 Å². The highest BCUT2D eigenvalue weighted by molar-refractivity contribution is 5.73.